The predicted octanol–water partition coefficient (Wildman–Crippen LogP) is 3.39. The summed E-state index contributed by atoms with van der Waals surface area (Å²) >= 11 is 0. The van der Waals surface area contributed by atoms with Crippen molar-refractivity contribution in [2.75, 3.05) is 26.3 Å². The maximum atomic E-state index is 5.79. The van der Waals surface area contributed by atoms with Gasteiger partial charge in [-0.25, -0.2) is 0 Å². The number of nitrogens with zero attached hydrogens (tertiary/aromatic N) is 1. The van der Waals surface area contributed by atoms with Gasteiger partial charge in [-0.15, -0.1) is 0 Å². The molecular formula is C18H38N2O. The van der Waals surface area contributed by atoms with Crippen LogP contribution >= 0.6 is 0 Å². The minimum Gasteiger partial charge on any atom is -0.380 e. The van der Waals surface area contributed by atoms with E-state index in [4.69, 9.17) is 4.74 Å². The molecule has 0 amide bonds. The van der Waals surface area contributed by atoms with E-state index in [0.29, 0.717) is 30.0 Å². The smallest absolute Gasteiger partial charge is 0.0624 e. The maximum absolute atomic E-state index is 5.79. The summed E-state index contributed by atoms with van der Waals surface area (Å²) in [4.78, 5) is 2.74. The quantitative estimate of drug-likeness (QED) is 0.743. The van der Waals surface area contributed by atoms with E-state index in [2.05, 4.69) is 58.7 Å². The van der Waals surface area contributed by atoms with Gasteiger partial charge in [0.25, 0.3) is 0 Å². The molecule has 0 aromatic carbocycles. The van der Waals surface area contributed by atoms with Gasteiger partial charge in [-0.2, -0.15) is 0 Å². The second-order valence-electron chi connectivity index (χ2n) is 7.71. The molecule has 0 aromatic heterocycles. The van der Waals surface area contributed by atoms with Crippen LogP contribution in [0.1, 0.15) is 54.9 Å². The lowest BCUT2D eigenvalue weighted by molar-refractivity contribution is -0.0136. The van der Waals surface area contributed by atoms with Gasteiger partial charge in [-0.1, -0.05) is 41.5 Å². The van der Waals surface area contributed by atoms with E-state index in [1.165, 1.54) is 6.42 Å². The minimum atomic E-state index is 0.536. The Bertz CT molecular complexity index is 278. The van der Waals surface area contributed by atoms with Gasteiger partial charge in [-0.3, -0.25) is 4.90 Å². The molecule has 1 saturated heterocycles. The van der Waals surface area contributed by atoms with Crippen LogP contribution in [0, 0.1) is 17.8 Å². The number of hydrogen-bond donors (Lipinski definition) is 1. The standard InChI is InChI=1S/C18H38N2O/c1-8-21-12-18(15(6)7)20-11-16(9-13(2)3)19-10-17(20)14(4)5/h13-19H,8-12H2,1-7H3. The van der Waals surface area contributed by atoms with E-state index in [0.717, 1.165) is 32.2 Å². The molecule has 3 atom stereocenters. The molecule has 0 radical (unpaired) electrons. The average Bonchev–Trinajstić information content (AvgIpc) is 2.38. The van der Waals surface area contributed by atoms with E-state index >= 15 is 0 Å². The normalized spacial score (nSPS) is 26.0. The van der Waals surface area contributed by atoms with Crippen molar-refractivity contribution in [3.8, 4) is 0 Å². The highest BCUT2D eigenvalue weighted by Gasteiger charge is 2.35. The van der Waals surface area contributed by atoms with Crippen molar-refractivity contribution in [3.05, 3.63) is 0 Å². The Balaban J connectivity index is 2.80. The molecule has 0 aromatic rings. The van der Waals surface area contributed by atoms with Gasteiger partial charge in [0.2, 0.25) is 0 Å². The lowest BCUT2D eigenvalue weighted by Gasteiger charge is -2.48. The first-order chi connectivity index (χ1) is 9.86. The topological polar surface area (TPSA) is 24.5 Å². The van der Waals surface area contributed by atoms with Gasteiger partial charge >= 0.3 is 0 Å². The number of piperazine rings is 1. The lowest BCUT2D eigenvalue weighted by Crippen LogP contribution is -2.63. The summed E-state index contributed by atoms with van der Waals surface area (Å²) in [5, 5.41) is 3.78. The molecule has 3 heteroatoms. The van der Waals surface area contributed by atoms with E-state index in [1.54, 1.807) is 0 Å². The van der Waals surface area contributed by atoms with E-state index in [-0.39, 0.29) is 0 Å². The molecule has 1 aliphatic rings. The average molecular weight is 299 g/mol. The molecule has 0 saturated carbocycles. The van der Waals surface area contributed by atoms with Crippen LogP contribution in [0.4, 0.5) is 0 Å². The zero-order valence-corrected chi connectivity index (χ0v) is 15.4. The van der Waals surface area contributed by atoms with Gasteiger partial charge in [0.15, 0.2) is 0 Å². The molecule has 3 unspecified atom stereocenters. The summed E-state index contributed by atoms with van der Waals surface area (Å²) in [6.45, 7) is 20.1. The van der Waals surface area contributed by atoms with Crippen LogP contribution in [0.2, 0.25) is 0 Å². The molecule has 126 valence electrons. The highest BCUT2D eigenvalue weighted by molar-refractivity contribution is 4.92. The van der Waals surface area contributed by atoms with Crippen LogP contribution in [0.5, 0.6) is 0 Å². The Morgan fingerprint density at radius 3 is 2.29 bits per heavy atom. The van der Waals surface area contributed by atoms with Crippen molar-refractivity contribution < 1.29 is 4.74 Å². The van der Waals surface area contributed by atoms with Crippen LogP contribution in [0.15, 0.2) is 0 Å². The van der Waals surface area contributed by atoms with Gasteiger partial charge in [-0.05, 0) is 31.1 Å². The fourth-order valence-corrected chi connectivity index (χ4v) is 3.50. The summed E-state index contributed by atoms with van der Waals surface area (Å²) < 4.78 is 5.79. The molecule has 1 heterocycles. The second-order valence-corrected chi connectivity index (χ2v) is 7.71. The molecular weight excluding hydrogens is 260 g/mol. The van der Waals surface area contributed by atoms with Crippen molar-refractivity contribution in [3.63, 3.8) is 0 Å². The molecule has 1 fully saturated rings. The molecule has 1 rings (SSSR count). The maximum Gasteiger partial charge on any atom is 0.0624 e. The predicted molar refractivity (Wildman–Crippen MR) is 91.7 cm³/mol. The number of nitrogens with one attached hydrogen (secondary N) is 1. The van der Waals surface area contributed by atoms with Crippen molar-refractivity contribution in [1.29, 1.82) is 0 Å². The van der Waals surface area contributed by atoms with Crippen molar-refractivity contribution in [2.24, 2.45) is 17.8 Å². The van der Waals surface area contributed by atoms with E-state index in [9.17, 15) is 0 Å². The molecule has 0 bridgehead atoms. The third-order valence-electron chi connectivity index (χ3n) is 4.69. The van der Waals surface area contributed by atoms with Crippen LogP contribution in [0.25, 0.3) is 0 Å². The minimum absolute atomic E-state index is 0.536. The van der Waals surface area contributed by atoms with E-state index in [1.807, 2.05) is 0 Å². The Hall–Kier alpha value is -0.120. The number of rotatable bonds is 8. The highest BCUT2D eigenvalue weighted by Crippen LogP contribution is 2.24. The van der Waals surface area contributed by atoms with Gasteiger partial charge in [0.1, 0.15) is 0 Å². The first kappa shape index (κ1) is 18.9. The van der Waals surface area contributed by atoms with Gasteiger partial charge < -0.3 is 10.1 Å². The Morgan fingerprint density at radius 1 is 1.14 bits per heavy atom. The fraction of sp³-hybridized carbons (Fsp3) is 1.00. The third kappa shape index (κ3) is 5.88. The molecule has 0 spiro atoms. The summed E-state index contributed by atoms with van der Waals surface area (Å²) in [6.07, 6.45) is 1.26. The second kappa shape index (κ2) is 9.12. The number of ether oxygens (including phenoxy) is 1. The van der Waals surface area contributed by atoms with Crippen molar-refractivity contribution in [2.45, 2.75) is 73.0 Å². The molecule has 1 N–H and O–H groups in total. The van der Waals surface area contributed by atoms with Crippen LogP contribution in [0.3, 0.4) is 0 Å². The molecule has 3 nitrogen and oxygen atoms in total. The zero-order valence-electron chi connectivity index (χ0n) is 15.4. The monoisotopic (exact) mass is 298 g/mol. The van der Waals surface area contributed by atoms with E-state index < -0.39 is 0 Å². The third-order valence-corrected chi connectivity index (χ3v) is 4.69. The first-order valence-corrected chi connectivity index (χ1v) is 8.93. The largest absolute Gasteiger partial charge is 0.380 e. The Labute approximate surface area is 132 Å². The molecule has 1 aliphatic heterocycles. The Kier molecular flexibility index (Phi) is 8.22. The fourth-order valence-electron chi connectivity index (χ4n) is 3.50. The molecule has 21 heavy (non-hydrogen) atoms. The van der Waals surface area contributed by atoms with Crippen LogP contribution in [-0.2, 0) is 4.74 Å². The van der Waals surface area contributed by atoms with Crippen LogP contribution in [-0.4, -0.2) is 49.3 Å². The number of hydrogen-bond acceptors (Lipinski definition) is 3. The lowest BCUT2D eigenvalue weighted by atomic mass is 9.91. The van der Waals surface area contributed by atoms with Crippen molar-refractivity contribution in [1.82, 2.24) is 10.2 Å². The summed E-state index contributed by atoms with van der Waals surface area (Å²) in [6, 6.07) is 1.79. The first-order valence-electron chi connectivity index (χ1n) is 8.93. The molecule has 0 aliphatic carbocycles. The highest BCUT2D eigenvalue weighted by atomic mass is 16.5. The van der Waals surface area contributed by atoms with Gasteiger partial charge in [0.05, 0.1) is 6.61 Å². The zero-order chi connectivity index (χ0) is 16.0. The summed E-state index contributed by atoms with van der Waals surface area (Å²) in [7, 11) is 0. The van der Waals surface area contributed by atoms with Gasteiger partial charge in [0, 0.05) is 37.8 Å². The summed E-state index contributed by atoms with van der Waals surface area (Å²) in [5.74, 6) is 2.07. The Morgan fingerprint density at radius 2 is 1.81 bits per heavy atom. The summed E-state index contributed by atoms with van der Waals surface area (Å²) in [5.41, 5.74) is 0. The van der Waals surface area contributed by atoms with Crippen LogP contribution < -0.4 is 5.32 Å². The van der Waals surface area contributed by atoms with Crippen molar-refractivity contribution >= 4 is 0 Å². The SMILES string of the molecule is CCOCC(C(C)C)N1CC(CC(C)C)NCC1C(C)C.